The second-order valence-electron chi connectivity index (χ2n) is 5.19. The summed E-state index contributed by atoms with van der Waals surface area (Å²) in [6.45, 7) is 1.90. The van der Waals surface area contributed by atoms with Crippen LogP contribution in [0.3, 0.4) is 0 Å². The summed E-state index contributed by atoms with van der Waals surface area (Å²) in [5.41, 5.74) is 7.88. The van der Waals surface area contributed by atoms with E-state index in [0.717, 1.165) is 18.7 Å². The Bertz CT molecular complexity index is 578. The first-order chi connectivity index (χ1) is 9.75. The quantitative estimate of drug-likeness (QED) is 0.929. The van der Waals surface area contributed by atoms with Crippen LogP contribution in [-0.2, 0) is 11.3 Å². The normalized spacial score (nSPS) is 20.2. The van der Waals surface area contributed by atoms with Crippen molar-refractivity contribution in [3.63, 3.8) is 0 Å². The van der Waals surface area contributed by atoms with Crippen molar-refractivity contribution in [3.05, 3.63) is 53.9 Å². The van der Waals surface area contributed by atoms with E-state index >= 15 is 0 Å². The minimum Gasteiger partial charge on any atom is -0.381 e. The van der Waals surface area contributed by atoms with Crippen LogP contribution >= 0.6 is 0 Å². The molecule has 1 aromatic heterocycles. The molecule has 1 aliphatic heterocycles. The van der Waals surface area contributed by atoms with Gasteiger partial charge in [-0.3, -0.25) is 0 Å². The lowest BCUT2D eigenvalue weighted by Crippen LogP contribution is -2.24. The lowest BCUT2D eigenvalue weighted by atomic mass is 9.97. The summed E-state index contributed by atoms with van der Waals surface area (Å²) < 4.78 is 21.0. The van der Waals surface area contributed by atoms with E-state index in [1.54, 1.807) is 24.7 Å². The van der Waals surface area contributed by atoms with Gasteiger partial charge < -0.3 is 15.0 Å². The molecule has 0 saturated carbocycles. The zero-order chi connectivity index (χ0) is 13.9. The molecule has 0 aliphatic carbocycles. The molecule has 2 heterocycles. The maximum Gasteiger partial charge on any atom is 0.128 e. The molecule has 106 valence electrons. The molecular formula is C15H18FN3O. The van der Waals surface area contributed by atoms with E-state index in [2.05, 4.69) is 4.98 Å². The Morgan fingerprint density at radius 3 is 3.05 bits per heavy atom. The summed E-state index contributed by atoms with van der Waals surface area (Å²) in [4.78, 5) is 4.16. The fourth-order valence-corrected chi connectivity index (χ4v) is 2.63. The first-order valence-corrected chi connectivity index (χ1v) is 6.82. The third-order valence-corrected chi connectivity index (χ3v) is 3.86. The van der Waals surface area contributed by atoms with E-state index in [0.29, 0.717) is 24.6 Å². The van der Waals surface area contributed by atoms with E-state index in [1.165, 1.54) is 6.07 Å². The van der Waals surface area contributed by atoms with Crippen LogP contribution in [0, 0.1) is 11.7 Å². The Labute approximate surface area is 117 Å². The van der Waals surface area contributed by atoms with Crippen molar-refractivity contribution in [3.8, 4) is 0 Å². The number of rotatable bonds is 4. The second kappa shape index (κ2) is 5.73. The van der Waals surface area contributed by atoms with E-state index in [9.17, 15) is 4.39 Å². The van der Waals surface area contributed by atoms with Gasteiger partial charge in [-0.1, -0.05) is 18.2 Å². The van der Waals surface area contributed by atoms with E-state index in [1.807, 2.05) is 10.6 Å². The van der Waals surface area contributed by atoms with Gasteiger partial charge in [0.2, 0.25) is 0 Å². The van der Waals surface area contributed by atoms with Crippen molar-refractivity contribution in [1.82, 2.24) is 9.55 Å². The highest BCUT2D eigenvalue weighted by Gasteiger charge is 2.26. The molecule has 2 unspecified atom stereocenters. The molecule has 1 fully saturated rings. The highest BCUT2D eigenvalue weighted by molar-refractivity contribution is 5.19. The molecule has 0 bridgehead atoms. The zero-order valence-electron chi connectivity index (χ0n) is 11.2. The van der Waals surface area contributed by atoms with Crippen LogP contribution in [0.25, 0.3) is 0 Å². The fraction of sp³-hybridized carbons (Fsp3) is 0.400. The SMILES string of the molecule is NC(c1cncn1Cc1ccccc1F)C1CCOC1. The molecule has 3 rings (SSSR count). The molecule has 1 aliphatic rings. The zero-order valence-corrected chi connectivity index (χ0v) is 11.2. The Morgan fingerprint density at radius 2 is 2.30 bits per heavy atom. The lowest BCUT2D eigenvalue weighted by Gasteiger charge is -2.19. The van der Waals surface area contributed by atoms with Crippen molar-refractivity contribution in [2.45, 2.75) is 19.0 Å². The minimum atomic E-state index is -0.204. The van der Waals surface area contributed by atoms with Crippen molar-refractivity contribution in [2.75, 3.05) is 13.2 Å². The molecule has 2 atom stereocenters. The Morgan fingerprint density at radius 1 is 1.45 bits per heavy atom. The van der Waals surface area contributed by atoms with Gasteiger partial charge in [-0.25, -0.2) is 9.37 Å². The van der Waals surface area contributed by atoms with Crippen LogP contribution in [-0.4, -0.2) is 22.8 Å². The van der Waals surface area contributed by atoms with Crippen molar-refractivity contribution < 1.29 is 9.13 Å². The third kappa shape index (κ3) is 2.59. The fourth-order valence-electron chi connectivity index (χ4n) is 2.63. The summed E-state index contributed by atoms with van der Waals surface area (Å²) >= 11 is 0. The standard InChI is InChI=1S/C15H18FN3O/c16-13-4-2-1-3-11(13)8-19-10-18-7-14(19)15(17)12-5-6-20-9-12/h1-4,7,10,12,15H,5-6,8-9,17H2. The number of ether oxygens (including phenoxy) is 1. The molecular weight excluding hydrogens is 257 g/mol. The molecule has 20 heavy (non-hydrogen) atoms. The molecule has 2 N–H and O–H groups in total. The van der Waals surface area contributed by atoms with Crippen LogP contribution in [0.15, 0.2) is 36.8 Å². The molecule has 5 heteroatoms. The van der Waals surface area contributed by atoms with E-state index < -0.39 is 0 Å². The molecule has 4 nitrogen and oxygen atoms in total. The molecule has 0 radical (unpaired) electrons. The number of hydrogen-bond donors (Lipinski definition) is 1. The predicted octanol–water partition coefficient (Wildman–Crippen LogP) is 2.11. The van der Waals surface area contributed by atoms with Gasteiger partial charge in [-0.2, -0.15) is 0 Å². The van der Waals surface area contributed by atoms with Gasteiger partial charge in [-0.15, -0.1) is 0 Å². The van der Waals surface area contributed by atoms with Crippen LogP contribution in [0.1, 0.15) is 23.7 Å². The molecule has 1 aromatic carbocycles. The maximum absolute atomic E-state index is 13.7. The highest BCUT2D eigenvalue weighted by Crippen LogP contribution is 2.27. The largest absolute Gasteiger partial charge is 0.381 e. The first kappa shape index (κ1) is 13.3. The maximum atomic E-state index is 13.7. The second-order valence-corrected chi connectivity index (χ2v) is 5.19. The summed E-state index contributed by atoms with van der Waals surface area (Å²) in [6.07, 6.45) is 4.44. The minimum absolute atomic E-state index is 0.119. The molecule has 1 saturated heterocycles. The number of benzene rings is 1. The Hall–Kier alpha value is -1.72. The topological polar surface area (TPSA) is 53.1 Å². The van der Waals surface area contributed by atoms with Gasteiger partial charge in [-0.05, 0) is 12.5 Å². The predicted molar refractivity (Wildman–Crippen MR) is 73.6 cm³/mol. The van der Waals surface area contributed by atoms with Crippen molar-refractivity contribution in [1.29, 1.82) is 0 Å². The number of imidazole rings is 1. The lowest BCUT2D eigenvalue weighted by molar-refractivity contribution is 0.180. The summed E-state index contributed by atoms with van der Waals surface area (Å²) in [5, 5.41) is 0. The van der Waals surface area contributed by atoms with Crippen LogP contribution in [0.5, 0.6) is 0 Å². The molecule has 0 spiro atoms. The number of halogens is 1. The molecule has 2 aromatic rings. The van der Waals surface area contributed by atoms with Crippen molar-refractivity contribution in [2.24, 2.45) is 11.7 Å². The average Bonchev–Trinajstić information content (AvgIpc) is 3.11. The number of hydrogen-bond acceptors (Lipinski definition) is 3. The molecule has 0 amide bonds. The van der Waals surface area contributed by atoms with Crippen LogP contribution in [0.2, 0.25) is 0 Å². The van der Waals surface area contributed by atoms with Gasteiger partial charge in [0.25, 0.3) is 0 Å². The summed E-state index contributed by atoms with van der Waals surface area (Å²) in [7, 11) is 0. The van der Waals surface area contributed by atoms with Gasteiger partial charge in [0, 0.05) is 24.3 Å². The highest BCUT2D eigenvalue weighted by atomic mass is 19.1. The Balaban J connectivity index is 1.81. The van der Waals surface area contributed by atoms with Gasteiger partial charge in [0.05, 0.1) is 31.2 Å². The van der Waals surface area contributed by atoms with Crippen LogP contribution in [0.4, 0.5) is 4.39 Å². The van der Waals surface area contributed by atoms with Gasteiger partial charge in [0.1, 0.15) is 5.82 Å². The smallest absolute Gasteiger partial charge is 0.128 e. The number of aromatic nitrogens is 2. The summed E-state index contributed by atoms with van der Waals surface area (Å²) in [6, 6.07) is 6.65. The van der Waals surface area contributed by atoms with Crippen LogP contribution < -0.4 is 5.73 Å². The third-order valence-electron chi connectivity index (χ3n) is 3.86. The Kier molecular flexibility index (Phi) is 3.80. The van der Waals surface area contributed by atoms with Gasteiger partial charge in [0.15, 0.2) is 0 Å². The number of nitrogens with zero attached hydrogens (tertiary/aromatic N) is 2. The summed E-state index contributed by atoms with van der Waals surface area (Å²) in [5.74, 6) is 0.107. The van der Waals surface area contributed by atoms with Crippen molar-refractivity contribution >= 4 is 0 Å². The van der Waals surface area contributed by atoms with Gasteiger partial charge >= 0.3 is 0 Å². The monoisotopic (exact) mass is 275 g/mol. The van der Waals surface area contributed by atoms with E-state index in [4.69, 9.17) is 10.5 Å². The first-order valence-electron chi connectivity index (χ1n) is 6.82. The number of nitrogens with two attached hydrogens (primary N) is 1. The van der Waals surface area contributed by atoms with E-state index in [-0.39, 0.29) is 11.9 Å². The average molecular weight is 275 g/mol.